The monoisotopic (exact) mass is 374 g/mol. The average molecular weight is 375 g/mol. The van der Waals surface area contributed by atoms with Crippen LogP contribution in [0.15, 0.2) is 24.3 Å². The van der Waals surface area contributed by atoms with Crippen molar-refractivity contribution >= 4 is 12.1 Å². The molecular weight excluding hydrogens is 348 g/mol. The third kappa shape index (κ3) is 4.36. The smallest absolute Gasteiger partial charge is 0.204 e. The molecule has 1 aliphatic heterocycles. The number of hydrogen-bond acceptors (Lipinski definition) is 7. The molecule has 0 bridgehead atoms. The zero-order valence-electron chi connectivity index (χ0n) is 15.2. The van der Waals surface area contributed by atoms with Gasteiger partial charge in [-0.25, -0.2) is 9.03 Å². The summed E-state index contributed by atoms with van der Waals surface area (Å²) in [5.41, 5.74) is 1.48. The van der Waals surface area contributed by atoms with Crippen molar-refractivity contribution in [3.05, 3.63) is 24.3 Å². The maximum absolute atomic E-state index is 5.98. The molecule has 140 valence electrons. The maximum Gasteiger partial charge on any atom is 0.204 e. The lowest BCUT2D eigenvalue weighted by Gasteiger charge is -2.19. The lowest BCUT2D eigenvalue weighted by molar-refractivity contribution is 0.255. The van der Waals surface area contributed by atoms with Crippen LogP contribution in [0, 0.1) is 5.41 Å². The Hall–Kier alpha value is -1.64. The molecule has 1 N–H and O–H groups in total. The van der Waals surface area contributed by atoms with E-state index in [0.29, 0.717) is 11.2 Å². The summed E-state index contributed by atoms with van der Waals surface area (Å²) in [5, 5.41) is 12.4. The molecule has 2 aromatic rings. The minimum absolute atomic E-state index is 0.520. The van der Waals surface area contributed by atoms with Gasteiger partial charge in [-0.15, -0.1) is 10.2 Å². The summed E-state index contributed by atoms with van der Waals surface area (Å²) in [4.78, 5) is 1.59. The van der Waals surface area contributed by atoms with Gasteiger partial charge in [-0.1, -0.05) is 0 Å². The van der Waals surface area contributed by atoms with Crippen LogP contribution >= 0.6 is 12.1 Å². The molecule has 0 radical (unpaired) electrons. The van der Waals surface area contributed by atoms with E-state index in [1.807, 2.05) is 31.2 Å². The van der Waals surface area contributed by atoms with Crippen LogP contribution in [-0.4, -0.2) is 50.8 Å². The van der Waals surface area contributed by atoms with Crippen LogP contribution in [0.3, 0.4) is 0 Å². The number of rotatable bonds is 9. The van der Waals surface area contributed by atoms with E-state index in [-0.39, 0.29) is 0 Å². The number of nitrogens with one attached hydrogen (secondary N) is 1. The zero-order valence-corrected chi connectivity index (χ0v) is 16.0. The molecule has 1 saturated carbocycles. The lowest BCUT2D eigenvalue weighted by Crippen LogP contribution is -2.19. The van der Waals surface area contributed by atoms with Crippen LogP contribution < -0.4 is 9.46 Å². The second-order valence-corrected chi connectivity index (χ2v) is 8.08. The van der Waals surface area contributed by atoms with Crippen molar-refractivity contribution in [1.82, 2.24) is 29.2 Å². The van der Waals surface area contributed by atoms with E-state index >= 15 is 0 Å². The normalized spacial score (nSPS) is 19.0. The van der Waals surface area contributed by atoms with Crippen LogP contribution in [0.5, 0.6) is 5.75 Å². The van der Waals surface area contributed by atoms with E-state index in [0.717, 1.165) is 44.0 Å². The average Bonchev–Trinajstić information content (AvgIpc) is 3.08. The minimum Gasteiger partial charge on any atom is -0.494 e. The molecule has 1 aliphatic carbocycles. The number of ether oxygens (including phenoxy) is 1. The number of benzene rings is 1. The first-order valence-corrected chi connectivity index (χ1v) is 10.2. The highest BCUT2D eigenvalue weighted by molar-refractivity contribution is 7.95. The van der Waals surface area contributed by atoms with Gasteiger partial charge in [-0.3, -0.25) is 0 Å². The molecule has 0 unspecified atom stereocenters. The van der Waals surface area contributed by atoms with Crippen molar-refractivity contribution in [2.24, 2.45) is 5.41 Å². The molecule has 8 heteroatoms. The van der Waals surface area contributed by atoms with Gasteiger partial charge in [0.15, 0.2) is 0 Å². The van der Waals surface area contributed by atoms with Gasteiger partial charge < -0.3 is 4.74 Å². The number of tetrazole rings is 1. The Morgan fingerprint density at radius 1 is 1.23 bits per heavy atom. The Kier molecular flexibility index (Phi) is 5.42. The molecule has 4 rings (SSSR count). The van der Waals surface area contributed by atoms with Crippen LogP contribution in [0.2, 0.25) is 0 Å². The van der Waals surface area contributed by atoms with Gasteiger partial charge in [0.1, 0.15) is 5.75 Å². The van der Waals surface area contributed by atoms with E-state index in [1.165, 1.54) is 25.8 Å². The highest BCUT2D eigenvalue weighted by Gasteiger charge is 2.42. The summed E-state index contributed by atoms with van der Waals surface area (Å²) in [6.45, 7) is 6.94. The summed E-state index contributed by atoms with van der Waals surface area (Å²) in [7, 11) is 0. The number of nitrogens with zero attached hydrogens (tertiary/aromatic N) is 5. The van der Waals surface area contributed by atoms with Crippen LogP contribution in [0.25, 0.3) is 11.4 Å². The molecule has 0 amide bonds. The summed E-state index contributed by atoms with van der Waals surface area (Å²) in [6, 6.07) is 7.98. The standard InChI is InChI=1S/C18H26N6OS/c1-2-24-21-17(20-22-24)15-3-5-16(6-4-15)25-14-10-18(7-8-18)9-12-23-13-11-19-26-23/h3-6,19H,2,7-14H2,1H3. The molecule has 2 fully saturated rings. The van der Waals surface area contributed by atoms with E-state index < -0.39 is 0 Å². The molecule has 0 atom stereocenters. The summed E-state index contributed by atoms with van der Waals surface area (Å²) < 4.78 is 11.7. The topological polar surface area (TPSA) is 68.1 Å². The highest BCUT2D eigenvalue weighted by atomic mass is 32.2. The largest absolute Gasteiger partial charge is 0.494 e. The molecule has 1 aromatic carbocycles. The van der Waals surface area contributed by atoms with Crippen molar-refractivity contribution in [1.29, 1.82) is 0 Å². The Bertz CT molecular complexity index is 709. The Morgan fingerprint density at radius 3 is 2.73 bits per heavy atom. The summed E-state index contributed by atoms with van der Waals surface area (Å²) in [6.07, 6.45) is 5.12. The fourth-order valence-electron chi connectivity index (χ4n) is 3.25. The second-order valence-electron chi connectivity index (χ2n) is 7.09. The first-order chi connectivity index (χ1) is 12.8. The summed E-state index contributed by atoms with van der Waals surface area (Å²) >= 11 is 1.77. The maximum atomic E-state index is 5.98. The van der Waals surface area contributed by atoms with Gasteiger partial charge in [0, 0.05) is 37.3 Å². The van der Waals surface area contributed by atoms with Crippen molar-refractivity contribution in [2.45, 2.75) is 39.2 Å². The van der Waals surface area contributed by atoms with E-state index in [2.05, 4.69) is 24.4 Å². The SMILES string of the molecule is CCn1nnc(-c2ccc(OCCC3(CCN4CCNS4)CC3)cc2)n1. The molecule has 7 nitrogen and oxygen atoms in total. The molecule has 1 saturated heterocycles. The number of aromatic nitrogens is 4. The van der Waals surface area contributed by atoms with Crippen molar-refractivity contribution in [2.75, 3.05) is 26.2 Å². The Balaban J connectivity index is 1.23. The van der Waals surface area contributed by atoms with Crippen molar-refractivity contribution in [3.8, 4) is 17.1 Å². The Labute approximate surface area is 158 Å². The van der Waals surface area contributed by atoms with Crippen molar-refractivity contribution in [3.63, 3.8) is 0 Å². The predicted octanol–water partition coefficient (Wildman–Crippen LogP) is 2.77. The van der Waals surface area contributed by atoms with Gasteiger partial charge >= 0.3 is 0 Å². The number of hydrogen-bond donors (Lipinski definition) is 1. The van der Waals surface area contributed by atoms with E-state index in [9.17, 15) is 0 Å². The van der Waals surface area contributed by atoms with E-state index in [4.69, 9.17) is 4.74 Å². The van der Waals surface area contributed by atoms with Gasteiger partial charge in [0.05, 0.1) is 13.2 Å². The first kappa shape index (κ1) is 17.8. The van der Waals surface area contributed by atoms with E-state index in [1.54, 1.807) is 16.9 Å². The zero-order chi connectivity index (χ0) is 17.8. The molecule has 26 heavy (non-hydrogen) atoms. The van der Waals surface area contributed by atoms with Gasteiger partial charge in [-0.2, -0.15) is 4.80 Å². The predicted molar refractivity (Wildman–Crippen MR) is 102 cm³/mol. The first-order valence-electron chi connectivity index (χ1n) is 9.42. The Morgan fingerprint density at radius 2 is 2.08 bits per heavy atom. The molecular formula is C18H26N6OS. The third-order valence-electron chi connectivity index (χ3n) is 5.25. The van der Waals surface area contributed by atoms with Gasteiger partial charge in [0.25, 0.3) is 0 Å². The molecule has 0 spiro atoms. The van der Waals surface area contributed by atoms with Crippen LogP contribution in [0.4, 0.5) is 0 Å². The molecule has 2 aliphatic rings. The third-order valence-corrected chi connectivity index (χ3v) is 6.21. The second kappa shape index (κ2) is 7.94. The lowest BCUT2D eigenvalue weighted by atomic mass is 9.99. The molecule has 2 heterocycles. The highest BCUT2D eigenvalue weighted by Crippen LogP contribution is 2.52. The minimum atomic E-state index is 0.520. The summed E-state index contributed by atoms with van der Waals surface area (Å²) in [5.74, 6) is 1.57. The van der Waals surface area contributed by atoms with Gasteiger partial charge in [-0.05, 0) is 67.5 Å². The number of aryl methyl sites for hydroxylation is 1. The molecule has 1 aromatic heterocycles. The van der Waals surface area contributed by atoms with Gasteiger partial charge in [0.2, 0.25) is 5.82 Å². The van der Waals surface area contributed by atoms with Crippen LogP contribution in [-0.2, 0) is 6.54 Å². The van der Waals surface area contributed by atoms with Crippen molar-refractivity contribution < 1.29 is 4.74 Å². The quantitative estimate of drug-likeness (QED) is 0.677. The fraction of sp³-hybridized carbons (Fsp3) is 0.611. The van der Waals surface area contributed by atoms with Crippen LogP contribution in [0.1, 0.15) is 32.6 Å². The fourth-order valence-corrected chi connectivity index (χ4v) is 3.98.